The Morgan fingerprint density at radius 1 is 1.10 bits per heavy atom. The van der Waals surface area contributed by atoms with Crippen LogP contribution in [0.5, 0.6) is 0 Å². The molecular formula is C13H14F3N3O2. The van der Waals surface area contributed by atoms with Crippen molar-refractivity contribution in [3.63, 3.8) is 0 Å². The lowest BCUT2D eigenvalue weighted by Gasteiger charge is -2.48. The van der Waals surface area contributed by atoms with Gasteiger partial charge in [0.2, 0.25) is 5.66 Å². The molecule has 1 aliphatic rings. The average molecular weight is 301 g/mol. The number of nitrogens with one attached hydrogen (secondary N) is 1. The van der Waals surface area contributed by atoms with Crippen LogP contribution >= 0.6 is 0 Å². The van der Waals surface area contributed by atoms with Gasteiger partial charge in [-0.3, -0.25) is 4.90 Å². The number of hydrogen-bond acceptors (Lipinski definition) is 2. The number of aryl methyl sites for hydroxylation is 1. The lowest BCUT2D eigenvalue weighted by Crippen LogP contribution is -2.73. The SMILES string of the molecule is Cc1ccc([C@@]2(C(F)(F)F)NC(=O)N(C)C(=O)N2C)cc1. The zero-order valence-electron chi connectivity index (χ0n) is 11.7. The van der Waals surface area contributed by atoms with E-state index in [1.54, 1.807) is 6.92 Å². The minimum absolute atomic E-state index is 0.224. The van der Waals surface area contributed by atoms with Gasteiger partial charge >= 0.3 is 18.2 Å². The second kappa shape index (κ2) is 4.64. The summed E-state index contributed by atoms with van der Waals surface area (Å²) in [5.41, 5.74) is -2.33. The van der Waals surface area contributed by atoms with Gasteiger partial charge in [-0.1, -0.05) is 29.8 Å². The largest absolute Gasteiger partial charge is 0.435 e. The van der Waals surface area contributed by atoms with Crippen LogP contribution in [0.2, 0.25) is 0 Å². The first-order valence-corrected chi connectivity index (χ1v) is 6.09. The van der Waals surface area contributed by atoms with Gasteiger partial charge in [-0.05, 0) is 6.92 Å². The fourth-order valence-corrected chi connectivity index (χ4v) is 2.26. The predicted octanol–water partition coefficient (Wildman–Crippen LogP) is 2.42. The Bertz CT molecular complexity index is 585. The summed E-state index contributed by atoms with van der Waals surface area (Å²) in [7, 11) is 2.12. The molecule has 0 radical (unpaired) electrons. The highest BCUT2D eigenvalue weighted by Crippen LogP contribution is 2.43. The molecule has 0 spiro atoms. The lowest BCUT2D eigenvalue weighted by molar-refractivity contribution is -0.237. The summed E-state index contributed by atoms with van der Waals surface area (Å²) < 4.78 is 41.0. The average Bonchev–Trinajstić information content (AvgIpc) is 2.40. The topological polar surface area (TPSA) is 52.7 Å². The number of hydrogen-bond donors (Lipinski definition) is 1. The fraction of sp³-hybridized carbons (Fsp3) is 0.385. The van der Waals surface area contributed by atoms with E-state index in [2.05, 4.69) is 0 Å². The Labute approximate surface area is 119 Å². The van der Waals surface area contributed by atoms with E-state index < -0.39 is 23.9 Å². The van der Waals surface area contributed by atoms with E-state index in [1.165, 1.54) is 24.3 Å². The van der Waals surface area contributed by atoms with Crippen molar-refractivity contribution in [1.82, 2.24) is 15.1 Å². The van der Waals surface area contributed by atoms with Gasteiger partial charge in [-0.15, -0.1) is 0 Å². The Balaban J connectivity index is 2.66. The van der Waals surface area contributed by atoms with Crippen molar-refractivity contribution < 1.29 is 22.8 Å². The van der Waals surface area contributed by atoms with Crippen LogP contribution in [0, 0.1) is 6.92 Å². The molecule has 0 aromatic heterocycles. The molecule has 5 nitrogen and oxygen atoms in total. The van der Waals surface area contributed by atoms with Gasteiger partial charge < -0.3 is 5.32 Å². The highest BCUT2D eigenvalue weighted by Gasteiger charge is 2.64. The molecule has 1 saturated heterocycles. The van der Waals surface area contributed by atoms with E-state index in [0.29, 0.717) is 9.80 Å². The van der Waals surface area contributed by atoms with Crippen LogP contribution in [0.1, 0.15) is 11.1 Å². The van der Waals surface area contributed by atoms with Gasteiger partial charge in [-0.2, -0.15) is 13.2 Å². The van der Waals surface area contributed by atoms with Crippen molar-refractivity contribution in [2.45, 2.75) is 18.8 Å². The highest BCUT2D eigenvalue weighted by molar-refractivity contribution is 5.96. The number of urea groups is 2. The molecule has 1 aromatic carbocycles. The lowest BCUT2D eigenvalue weighted by atomic mass is 9.95. The number of rotatable bonds is 1. The number of imide groups is 1. The van der Waals surface area contributed by atoms with Crippen LogP contribution in [0.15, 0.2) is 24.3 Å². The minimum Gasteiger partial charge on any atom is -0.303 e. The quantitative estimate of drug-likeness (QED) is 0.866. The maximum Gasteiger partial charge on any atom is 0.435 e. The third kappa shape index (κ3) is 2.10. The van der Waals surface area contributed by atoms with Crippen molar-refractivity contribution in [2.24, 2.45) is 0 Å². The molecule has 1 fully saturated rings. The third-order valence-electron chi connectivity index (χ3n) is 3.55. The molecule has 1 atom stereocenters. The Kier molecular flexibility index (Phi) is 3.35. The third-order valence-corrected chi connectivity index (χ3v) is 3.55. The molecule has 114 valence electrons. The number of halogens is 3. The second-order valence-corrected chi connectivity index (χ2v) is 4.90. The normalized spacial score (nSPS) is 23.3. The molecule has 8 heteroatoms. The van der Waals surface area contributed by atoms with Crippen molar-refractivity contribution in [3.8, 4) is 0 Å². The van der Waals surface area contributed by atoms with Crippen LogP contribution < -0.4 is 5.32 Å². The second-order valence-electron chi connectivity index (χ2n) is 4.90. The number of nitrogens with zero attached hydrogens (tertiary/aromatic N) is 2. The van der Waals surface area contributed by atoms with Crippen molar-refractivity contribution in [1.29, 1.82) is 0 Å². The summed E-state index contributed by atoms with van der Waals surface area (Å²) in [5, 5.41) is 1.90. The van der Waals surface area contributed by atoms with Crippen LogP contribution in [-0.2, 0) is 5.66 Å². The minimum atomic E-state index is -4.87. The van der Waals surface area contributed by atoms with Gasteiger partial charge in [0.05, 0.1) is 0 Å². The van der Waals surface area contributed by atoms with E-state index in [4.69, 9.17) is 0 Å². The molecule has 1 N–H and O–H groups in total. The molecule has 1 heterocycles. The van der Waals surface area contributed by atoms with Gasteiger partial charge in [0, 0.05) is 19.7 Å². The number of carbonyl (C=O) groups is 2. The molecule has 1 aliphatic heterocycles. The number of amides is 4. The van der Waals surface area contributed by atoms with E-state index in [1.807, 2.05) is 5.32 Å². The summed E-state index contributed by atoms with van der Waals surface area (Å²) in [5.74, 6) is 0. The molecule has 0 bridgehead atoms. The molecule has 2 rings (SSSR count). The Hall–Kier alpha value is -2.25. The summed E-state index contributed by atoms with van der Waals surface area (Å²) in [6.07, 6.45) is -4.87. The van der Waals surface area contributed by atoms with Crippen molar-refractivity contribution >= 4 is 12.1 Å². The van der Waals surface area contributed by atoms with Gasteiger partial charge in [0.1, 0.15) is 0 Å². The fourth-order valence-electron chi connectivity index (χ4n) is 2.26. The Morgan fingerprint density at radius 2 is 1.62 bits per heavy atom. The van der Waals surface area contributed by atoms with E-state index in [-0.39, 0.29) is 5.56 Å². The molecule has 0 unspecified atom stereocenters. The Morgan fingerprint density at radius 3 is 2.10 bits per heavy atom. The molecule has 0 saturated carbocycles. The molecule has 0 aliphatic carbocycles. The van der Waals surface area contributed by atoms with E-state index in [9.17, 15) is 22.8 Å². The number of carbonyl (C=O) groups excluding carboxylic acids is 2. The standard InChI is InChI=1S/C13H14F3N3O2/c1-8-4-6-9(7-5-8)12(13(14,15)16)17-10(20)18(2)11(21)19(12)3/h4-7H,1-3H3,(H,17,20)/t12-/m1/s1. The van der Waals surface area contributed by atoms with E-state index in [0.717, 1.165) is 19.7 Å². The van der Waals surface area contributed by atoms with Gasteiger partial charge in [0.25, 0.3) is 0 Å². The van der Waals surface area contributed by atoms with Gasteiger partial charge in [0.15, 0.2) is 0 Å². The zero-order chi connectivity index (χ0) is 16.0. The summed E-state index contributed by atoms with van der Waals surface area (Å²) in [6, 6.07) is 3.35. The van der Waals surface area contributed by atoms with Crippen LogP contribution in [0.4, 0.5) is 22.8 Å². The highest BCUT2D eigenvalue weighted by atomic mass is 19.4. The first kappa shape index (κ1) is 15.1. The zero-order valence-corrected chi connectivity index (χ0v) is 11.7. The monoisotopic (exact) mass is 301 g/mol. The summed E-state index contributed by atoms with van der Waals surface area (Å²) >= 11 is 0. The molecular weight excluding hydrogens is 287 g/mol. The number of benzene rings is 1. The molecule has 4 amide bonds. The van der Waals surface area contributed by atoms with Crippen molar-refractivity contribution in [2.75, 3.05) is 14.1 Å². The summed E-state index contributed by atoms with van der Waals surface area (Å²) in [4.78, 5) is 24.7. The summed E-state index contributed by atoms with van der Waals surface area (Å²) in [6.45, 7) is 1.73. The van der Waals surface area contributed by atoms with E-state index >= 15 is 0 Å². The van der Waals surface area contributed by atoms with Crippen molar-refractivity contribution in [3.05, 3.63) is 35.4 Å². The van der Waals surface area contributed by atoms with Gasteiger partial charge in [-0.25, -0.2) is 14.5 Å². The van der Waals surface area contributed by atoms with Crippen LogP contribution in [0.3, 0.4) is 0 Å². The maximum atomic E-state index is 13.7. The predicted molar refractivity (Wildman–Crippen MR) is 68.4 cm³/mol. The molecule has 1 aromatic rings. The smallest absolute Gasteiger partial charge is 0.303 e. The molecule has 21 heavy (non-hydrogen) atoms. The van der Waals surface area contributed by atoms with Crippen LogP contribution in [-0.4, -0.2) is 42.1 Å². The van der Waals surface area contributed by atoms with Crippen LogP contribution in [0.25, 0.3) is 0 Å². The maximum absolute atomic E-state index is 13.7. The first-order chi connectivity index (χ1) is 9.61. The first-order valence-electron chi connectivity index (χ1n) is 6.09. The number of alkyl halides is 3.